The van der Waals surface area contributed by atoms with E-state index < -0.39 is 23.2 Å². The van der Waals surface area contributed by atoms with E-state index in [-0.39, 0.29) is 12.1 Å². The van der Waals surface area contributed by atoms with Crippen molar-refractivity contribution in [3.8, 4) is 0 Å². The van der Waals surface area contributed by atoms with Crippen molar-refractivity contribution >= 4 is 5.78 Å². The molecule has 0 radical (unpaired) electrons. The summed E-state index contributed by atoms with van der Waals surface area (Å²) in [6, 6.07) is 1.73. The van der Waals surface area contributed by atoms with Crippen LogP contribution in [-0.2, 0) is 12.7 Å². The van der Waals surface area contributed by atoms with Gasteiger partial charge in [-0.1, -0.05) is 0 Å². The highest BCUT2D eigenvalue weighted by Gasteiger charge is 2.34. The maximum atomic E-state index is 12.9. The minimum atomic E-state index is -4.62. The van der Waals surface area contributed by atoms with E-state index in [1.54, 1.807) is 14.1 Å². The highest BCUT2D eigenvalue weighted by molar-refractivity contribution is 5.93. The first-order valence-corrected chi connectivity index (χ1v) is 6.11. The third-order valence-corrected chi connectivity index (χ3v) is 2.83. The molecule has 0 aliphatic carbocycles. The molecule has 1 aromatic rings. The zero-order valence-electron chi connectivity index (χ0n) is 11.6. The predicted molar refractivity (Wildman–Crippen MR) is 68.9 cm³/mol. The summed E-state index contributed by atoms with van der Waals surface area (Å²) in [6.07, 6.45) is -4.23. The highest BCUT2D eigenvalue weighted by atomic mass is 19.4. The van der Waals surface area contributed by atoms with E-state index >= 15 is 0 Å². The second-order valence-electron chi connectivity index (χ2n) is 4.80. The quantitative estimate of drug-likeness (QED) is 0.779. The fourth-order valence-corrected chi connectivity index (χ4v) is 1.86. The molecule has 0 saturated carbocycles. The number of carbonyl (C=O) groups is 1. The summed E-state index contributed by atoms with van der Waals surface area (Å²) in [4.78, 5) is 25.1. The van der Waals surface area contributed by atoms with Gasteiger partial charge in [-0.15, -0.1) is 0 Å². The molecule has 0 saturated heterocycles. The van der Waals surface area contributed by atoms with Gasteiger partial charge in [0.25, 0.3) is 5.56 Å². The Morgan fingerprint density at radius 1 is 1.30 bits per heavy atom. The van der Waals surface area contributed by atoms with Crippen LogP contribution >= 0.6 is 0 Å². The number of hydrogen-bond acceptors (Lipinski definition) is 3. The minimum Gasteiger partial charge on any atom is -0.309 e. The summed E-state index contributed by atoms with van der Waals surface area (Å²) >= 11 is 0. The molecule has 0 N–H and O–H groups in total. The van der Waals surface area contributed by atoms with Gasteiger partial charge in [0.1, 0.15) is 5.69 Å². The van der Waals surface area contributed by atoms with Gasteiger partial charge < -0.3 is 9.47 Å². The zero-order valence-corrected chi connectivity index (χ0v) is 11.6. The number of rotatable bonds is 5. The first-order chi connectivity index (χ1) is 9.14. The maximum absolute atomic E-state index is 12.9. The van der Waals surface area contributed by atoms with Gasteiger partial charge in [-0.05, 0) is 46.1 Å². The molecule has 0 aliphatic rings. The van der Waals surface area contributed by atoms with Crippen LogP contribution in [0.25, 0.3) is 0 Å². The smallest absolute Gasteiger partial charge is 0.309 e. The molecule has 7 heteroatoms. The Morgan fingerprint density at radius 2 is 1.90 bits per heavy atom. The van der Waals surface area contributed by atoms with E-state index in [1.165, 1.54) is 0 Å². The second kappa shape index (κ2) is 6.21. The molecular formula is C13H17F3N2O2. The van der Waals surface area contributed by atoms with E-state index in [1.807, 2.05) is 4.90 Å². The van der Waals surface area contributed by atoms with E-state index in [9.17, 15) is 22.8 Å². The van der Waals surface area contributed by atoms with Crippen molar-refractivity contribution in [2.75, 3.05) is 20.6 Å². The van der Waals surface area contributed by atoms with Gasteiger partial charge in [-0.25, -0.2) is 0 Å². The molecule has 4 nitrogen and oxygen atoms in total. The molecule has 1 rings (SSSR count). The van der Waals surface area contributed by atoms with Crippen molar-refractivity contribution in [3.05, 3.63) is 33.7 Å². The van der Waals surface area contributed by atoms with Crippen LogP contribution in [-0.4, -0.2) is 35.9 Å². The molecular weight excluding hydrogens is 273 g/mol. The van der Waals surface area contributed by atoms with Gasteiger partial charge in [0.2, 0.25) is 0 Å². The molecule has 0 aromatic carbocycles. The minimum absolute atomic E-state index is 0.0764. The molecule has 0 fully saturated rings. The lowest BCUT2D eigenvalue weighted by Gasteiger charge is -2.17. The van der Waals surface area contributed by atoms with Crippen molar-refractivity contribution in [1.29, 1.82) is 0 Å². The summed E-state index contributed by atoms with van der Waals surface area (Å²) in [7, 11) is 3.58. The monoisotopic (exact) mass is 290 g/mol. The largest absolute Gasteiger partial charge is 0.431 e. The van der Waals surface area contributed by atoms with Gasteiger partial charge in [0, 0.05) is 6.54 Å². The van der Waals surface area contributed by atoms with Crippen LogP contribution in [0.5, 0.6) is 0 Å². The van der Waals surface area contributed by atoms with Crippen LogP contribution in [0, 0.1) is 0 Å². The van der Waals surface area contributed by atoms with Crippen LogP contribution in [0.4, 0.5) is 13.2 Å². The molecule has 0 aliphatic heterocycles. The van der Waals surface area contributed by atoms with E-state index in [4.69, 9.17) is 0 Å². The Bertz CT molecular complexity index is 548. The molecule has 1 aromatic heterocycles. The lowest BCUT2D eigenvalue weighted by atomic mass is 10.1. The van der Waals surface area contributed by atoms with Gasteiger partial charge in [-0.2, -0.15) is 13.2 Å². The number of nitrogens with zero attached hydrogens (tertiary/aromatic N) is 2. The van der Waals surface area contributed by atoms with Crippen molar-refractivity contribution in [3.63, 3.8) is 0 Å². The van der Waals surface area contributed by atoms with Crippen LogP contribution in [0.3, 0.4) is 0 Å². The summed E-state index contributed by atoms with van der Waals surface area (Å²) < 4.78 is 39.3. The Labute approximate surface area is 114 Å². The summed E-state index contributed by atoms with van der Waals surface area (Å²) in [5.41, 5.74) is -2.12. The van der Waals surface area contributed by atoms with Crippen molar-refractivity contribution in [2.24, 2.45) is 0 Å². The molecule has 0 spiro atoms. The Morgan fingerprint density at radius 3 is 2.35 bits per heavy atom. The summed E-state index contributed by atoms with van der Waals surface area (Å²) in [5, 5.41) is 0. The lowest BCUT2D eigenvalue weighted by Crippen LogP contribution is -2.32. The van der Waals surface area contributed by atoms with Crippen molar-refractivity contribution < 1.29 is 18.0 Å². The van der Waals surface area contributed by atoms with Gasteiger partial charge >= 0.3 is 6.18 Å². The number of halogens is 3. The first kappa shape index (κ1) is 16.4. The topological polar surface area (TPSA) is 42.3 Å². The highest BCUT2D eigenvalue weighted by Crippen LogP contribution is 2.28. The summed E-state index contributed by atoms with van der Waals surface area (Å²) in [5.74, 6) is -0.537. The van der Waals surface area contributed by atoms with E-state index in [2.05, 4.69) is 0 Å². The Balaban J connectivity index is 3.24. The molecule has 1 heterocycles. The van der Waals surface area contributed by atoms with Crippen LogP contribution < -0.4 is 5.56 Å². The van der Waals surface area contributed by atoms with Gasteiger partial charge in [0.15, 0.2) is 5.78 Å². The normalized spacial score (nSPS) is 11.9. The average molecular weight is 290 g/mol. The molecule has 0 amide bonds. The van der Waals surface area contributed by atoms with E-state index in [0.29, 0.717) is 17.5 Å². The maximum Gasteiger partial charge on any atom is 0.431 e. The van der Waals surface area contributed by atoms with Gasteiger partial charge in [0.05, 0.1) is 5.56 Å². The van der Waals surface area contributed by atoms with Crippen LogP contribution in [0.1, 0.15) is 29.4 Å². The fourth-order valence-electron chi connectivity index (χ4n) is 1.86. The number of pyridine rings is 1. The number of ketones is 1. The zero-order chi connectivity index (χ0) is 15.5. The molecule has 112 valence electrons. The lowest BCUT2D eigenvalue weighted by molar-refractivity contribution is -0.144. The van der Waals surface area contributed by atoms with Crippen LogP contribution in [0.15, 0.2) is 16.9 Å². The molecule has 0 atom stereocenters. The molecule has 0 bridgehead atoms. The van der Waals surface area contributed by atoms with Crippen LogP contribution in [0.2, 0.25) is 0 Å². The second-order valence-corrected chi connectivity index (χ2v) is 4.80. The third kappa shape index (κ3) is 3.93. The SMILES string of the molecule is CC(=O)c1ccc(C(F)(F)F)n(CCCN(C)C)c1=O. The van der Waals surface area contributed by atoms with Gasteiger partial charge in [-0.3, -0.25) is 9.59 Å². The summed E-state index contributed by atoms with van der Waals surface area (Å²) in [6.45, 7) is 1.63. The standard InChI is InChI=1S/C13H17F3N2O2/c1-9(19)10-5-6-11(13(14,15)16)18(12(10)20)8-4-7-17(2)3/h5-6H,4,7-8H2,1-3H3. The molecule has 0 unspecified atom stereocenters. The predicted octanol–water partition coefficient (Wildman–Crippen LogP) is 2.02. The number of carbonyl (C=O) groups excluding carboxylic acids is 1. The Hall–Kier alpha value is -1.63. The Kier molecular flexibility index (Phi) is 5.10. The van der Waals surface area contributed by atoms with Crippen molar-refractivity contribution in [2.45, 2.75) is 26.1 Å². The average Bonchev–Trinajstić information content (AvgIpc) is 2.28. The van der Waals surface area contributed by atoms with Crippen molar-refractivity contribution in [1.82, 2.24) is 9.47 Å². The number of aromatic nitrogens is 1. The fraction of sp³-hybridized carbons (Fsp3) is 0.538. The first-order valence-electron chi connectivity index (χ1n) is 6.11. The van der Waals surface area contributed by atoms with E-state index in [0.717, 1.165) is 19.1 Å². The number of hydrogen-bond donors (Lipinski definition) is 0. The molecule has 20 heavy (non-hydrogen) atoms. The number of Topliss-reactive ketones (excluding diaryl/α,β-unsaturated/α-hetero) is 1. The third-order valence-electron chi connectivity index (χ3n) is 2.83. The number of alkyl halides is 3.